The van der Waals surface area contributed by atoms with E-state index in [9.17, 15) is 8.78 Å². The molecule has 16 aromatic rings. The van der Waals surface area contributed by atoms with E-state index in [1.807, 2.05) is 6.07 Å². The number of hydrogen-bond donors (Lipinski definition) is 2. The van der Waals surface area contributed by atoms with Crippen LogP contribution in [-0.2, 0) is 30.1 Å². The number of carbonyl (C=O) groups is 1. The number of hydrogen-bond acceptors (Lipinski definition) is 9. The second-order valence-corrected chi connectivity index (χ2v) is 35.7. The Labute approximate surface area is 844 Å². The normalized spacial score (nSPS) is 9.82. The quantitative estimate of drug-likeness (QED) is 0.0298. The van der Waals surface area contributed by atoms with Crippen LogP contribution in [-0.4, -0.2) is 37.9 Å². The van der Waals surface area contributed by atoms with Crippen LogP contribution in [0.15, 0.2) is 441 Å². The summed E-state index contributed by atoms with van der Waals surface area (Å²) in [6.45, 7) is -0.181. The van der Waals surface area contributed by atoms with Crippen molar-refractivity contribution in [2.45, 2.75) is 0 Å². The van der Waals surface area contributed by atoms with Gasteiger partial charge >= 0.3 is 110 Å². The van der Waals surface area contributed by atoms with Crippen LogP contribution in [0.4, 0.5) is 8.78 Å². The van der Waals surface area contributed by atoms with Gasteiger partial charge in [0.05, 0.1) is 39.9 Å². The summed E-state index contributed by atoms with van der Waals surface area (Å²) < 4.78 is 37.2. The van der Waals surface area contributed by atoms with Gasteiger partial charge in [-0.15, -0.1) is 0 Å². The van der Waals surface area contributed by atoms with Gasteiger partial charge in [-0.25, -0.2) is 8.78 Å². The van der Waals surface area contributed by atoms with Gasteiger partial charge in [-0.1, -0.05) is 430 Å². The zero-order chi connectivity index (χ0) is 84.9. The average Bonchev–Trinajstić information content (AvgIpc) is 0.789. The molecule has 2 N–H and O–H groups in total. The Morgan fingerprint density at radius 3 is 0.748 bits per heavy atom. The zero-order valence-electron chi connectivity index (χ0n) is 68.5. The van der Waals surface area contributed by atoms with E-state index in [1.54, 1.807) is 60.7 Å². The Bertz CT molecular complexity index is 4910. The molecule has 0 radical (unpaired) electrons. The molecule has 0 aliphatic carbocycles. The molecule has 0 saturated heterocycles. The molecule has 22 heteroatoms. The summed E-state index contributed by atoms with van der Waals surface area (Å²) in [6.07, 6.45) is 0. The summed E-state index contributed by atoms with van der Waals surface area (Å²) in [5.41, 5.74) is 1.15. The van der Waals surface area contributed by atoms with E-state index >= 15 is 0 Å². The summed E-state index contributed by atoms with van der Waals surface area (Å²) in [6, 6.07) is 152. The van der Waals surface area contributed by atoms with E-state index in [1.165, 1.54) is 96.1 Å². The molecule has 0 aromatic heterocycles. The maximum absolute atomic E-state index is 14.1. The molecular weight excluding hydrogens is 1860 g/mol. The molecule has 0 heterocycles. The first-order valence-electron chi connectivity index (χ1n) is 37.4. The fourth-order valence-corrected chi connectivity index (χ4v) is 22.1. The van der Waals surface area contributed by atoms with Crippen LogP contribution in [0.5, 0.6) is 11.5 Å². The molecule has 0 atom stereocenters. The summed E-state index contributed by atoms with van der Waals surface area (Å²) >= 11 is 14.7. The number of halogens is 5. The van der Waals surface area contributed by atoms with Gasteiger partial charge in [0.25, 0.3) is 6.47 Å². The van der Waals surface area contributed by atoms with Crippen LogP contribution in [0.25, 0.3) is 11.1 Å². The molecule has 0 unspecified atom stereocenters. The van der Waals surface area contributed by atoms with Crippen molar-refractivity contribution in [3.8, 4) is 34.8 Å². The van der Waals surface area contributed by atoms with Crippen LogP contribution in [0, 0.1) is 34.3 Å². The van der Waals surface area contributed by atoms with Crippen molar-refractivity contribution in [2.75, 3.05) is 14.2 Å². The molecule has 0 amide bonds. The fourth-order valence-electron chi connectivity index (χ4n) is 12.0. The van der Waals surface area contributed by atoms with Crippen molar-refractivity contribution in [3.63, 3.8) is 0 Å². The van der Waals surface area contributed by atoms with Crippen molar-refractivity contribution in [1.29, 1.82) is 10.5 Å². The van der Waals surface area contributed by atoms with Crippen LogP contribution in [0.1, 0.15) is 12.6 Å². The largest absolute Gasteiger partial charge is 1.00 e. The average molecular weight is 1940 g/mol. The van der Waals surface area contributed by atoms with Gasteiger partial charge in [-0.05, 0) is 142 Å². The summed E-state index contributed by atoms with van der Waals surface area (Å²) in [5, 5.41) is 60.9. The van der Waals surface area contributed by atoms with Crippen LogP contribution in [0.3, 0.4) is 0 Å². The van der Waals surface area contributed by atoms with Crippen molar-refractivity contribution >= 4 is 154 Å². The van der Waals surface area contributed by atoms with Crippen LogP contribution >= 0.6 is 70.8 Å². The SMILES string of the molecule is COc1c(Cl)cccc1-c1cccc(C#N)c1F.COc1c(Cl)cccc1B(O)O.N#Cc1cccc(Br)c1F.O=CO[O-].[H-].[K+].[K+].[Pd].c1ccc(P(c2ccccc2)c2ccccc2)cc1.c1ccc(P(c2ccccc2)c2ccccc2)cc1.c1ccc(P(c2ccccc2)c2ccccc2)cc1.c1ccc(P(c2ccccc2)c2ccccc2)cc1. The number of nitrogens with zero attached hydrogens (tertiary/aromatic N) is 2. The van der Waals surface area contributed by atoms with Gasteiger partial charge in [0.2, 0.25) is 0 Å². The number of ether oxygens (including phenoxy) is 2. The first-order chi connectivity index (χ1) is 58.8. The molecule has 0 bridgehead atoms. The first-order valence-corrected chi connectivity index (χ1v) is 44.3. The molecule has 16 rings (SSSR count). The molecule has 0 saturated carbocycles. The van der Waals surface area contributed by atoms with E-state index < -0.39 is 50.4 Å². The maximum atomic E-state index is 14.1. The van der Waals surface area contributed by atoms with E-state index in [2.05, 4.69) is 385 Å². The number of para-hydroxylation sites is 2. The van der Waals surface area contributed by atoms with Gasteiger partial charge in [0, 0.05) is 37.0 Å². The minimum Gasteiger partial charge on any atom is -1.00 e. The maximum Gasteiger partial charge on any atom is 1.00 e. The predicted octanol–water partition coefficient (Wildman–Crippen LogP) is 12.8. The van der Waals surface area contributed by atoms with E-state index in [4.69, 9.17) is 63.3 Å². The molecule has 0 aliphatic rings. The van der Waals surface area contributed by atoms with Gasteiger partial charge in [-0.2, -0.15) is 10.5 Å². The van der Waals surface area contributed by atoms with Gasteiger partial charge in [0.15, 0.2) is 5.82 Å². The van der Waals surface area contributed by atoms with Crippen LogP contribution in [0.2, 0.25) is 10.0 Å². The first kappa shape index (κ1) is 104. The van der Waals surface area contributed by atoms with Crippen molar-refractivity contribution in [1.82, 2.24) is 0 Å². The van der Waals surface area contributed by atoms with Gasteiger partial charge < -0.3 is 31.1 Å². The third-order valence-electron chi connectivity index (χ3n) is 17.3. The second kappa shape index (κ2) is 59.1. The molecule has 16 aromatic carbocycles. The van der Waals surface area contributed by atoms with Gasteiger partial charge in [0.1, 0.15) is 29.5 Å². The molecule has 9 nitrogen and oxygen atoms in total. The molecule has 0 spiro atoms. The Hall–Kier alpha value is -7.91. The van der Waals surface area contributed by atoms with E-state index in [0.29, 0.717) is 37.1 Å². The Morgan fingerprint density at radius 1 is 0.341 bits per heavy atom. The Morgan fingerprint density at radius 2 is 0.545 bits per heavy atom. The number of carbonyl (C=O) groups excluding carboxylic acids is 1. The minimum absolute atomic E-state index is 0. The van der Waals surface area contributed by atoms with Crippen molar-refractivity contribution < 1.29 is 168 Å². The minimum atomic E-state index is -1.56. The third-order valence-corrected chi connectivity index (χ3v) is 28.3. The second-order valence-electron chi connectivity index (χ2n) is 25.1. The summed E-state index contributed by atoms with van der Waals surface area (Å²) in [7, 11) is -0.448. The zero-order valence-corrected chi connectivity index (χ0v) is 82.0. The topological polar surface area (TPSA) is 156 Å². The predicted molar refractivity (Wildman–Crippen MR) is 504 cm³/mol. The number of nitriles is 2. The number of methoxy groups -OCH3 is 2. The molecule has 123 heavy (non-hydrogen) atoms. The fraction of sp³-hybridized carbons (Fsp3) is 0.0198. The Kier molecular flexibility index (Phi) is 49.9. The molecular formula is C101H82BBrCl2F2K2N2O7P4Pd. The molecule has 0 fully saturated rings. The molecule has 608 valence electrons. The van der Waals surface area contributed by atoms with Crippen LogP contribution < -0.4 is 187 Å². The van der Waals surface area contributed by atoms with Crippen molar-refractivity contribution in [2.24, 2.45) is 0 Å². The summed E-state index contributed by atoms with van der Waals surface area (Å²) in [4.78, 5) is 11.2. The third kappa shape index (κ3) is 32.8. The molecule has 0 aliphatic heterocycles. The standard InChI is InChI=1S/4C18H15P.C14H9ClFNO.C7H8BClO3.C7H3BrFN.CH2O3.2K.Pd.H/c4*1-4-10-16(11-5-1)19(17-12-6-2-7-13-17)18-14-8-3-9-15-18;1-18-14-11(6-3-7-12(14)15)10-5-2-4-9(8-17)13(10)16;1-12-7-5(8(10)11)3-2-4-6(7)9;8-6-3-1-2-5(4-10)7(6)9;2-1-4-3;;;;/h4*1-15H;2-7H,1H3;2-4,10-11H,1H3;1-3H;1,3H;;;;/q;;;;;;;;2*+1;;-1/p-1. The van der Waals surface area contributed by atoms with Crippen molar-refractivity contribution in [3.05, 3.63) is 474 Å². The number of rotatable bonds is 17. The van der Waals surface area contributed by atoms with E-state index in [-0.39, 0.29) is 148 Å². The summed E-state index contributed by atoms with van der Waals surface area (Å²) in [5.74, 6) is -0.368. The smallest absolute Gasteiger partial charge is 1.00 e. The number of benzene rings is 16. The monoisotopic (exact) mass is 1940 g/mol. The van der Waals surface area contributed by atoms with Gasteiger partial charge in [-0.3, -0.25) is 4.79 Å². The Balaban J connectivity index is 0.000000256. The van der Waals surface area contributed by atoms with E-state index in [0.717, 1.165) is 0 Å².